The first-order chi connectivity index (χ1) is 25.3. The number of halogens is 6. The Morgan fingerprint density at radius 1 is 1.21 bits per heavy atom. The van der Waals surface area contributed by atoms with E-state index in [1.807, 2.05) is 4.90 Å². The van der Waals surface area contributed by atoms with Crippen LogP contribution >= 0.6 is 11.3 Å². The van der Waals surface area contributed by atoms with E-state index in [2.05, 4.69) is 20.3 Å². The van der Waals surface area contributed by atoms with Crippen LogP contribution in [0.1, 0.15) is 48.4 Å². The third-order valence-electron chi connectivity index (χ3n) is 9.92. The Morgan fingerprint density at radius 3 is 2.72 bits per heavy atom. The van der Waals surface area contributed by atoms with Crippen LogP contribution in [-0.4, -0.2) is 70.1 Å². The molecule has 2 saturated heterocycles. The highest BCUT2D eigenvalue weighted by molar-refractivity contribution is 7.23. The zero-order valence-corrected chi connectivity index (χ0v) is 28.8. The lowest BCUT2D eigenvalue weighted by Crippen LogP contribution is -2.43. The quantitative estimate of drug-likeness (QED) is 0.107. The summed E-state index contributed by atoms with van der Waals surface area (Å²) in [7, 11) is 1.44. The van der Waals surface area contributed by atoms with Crippen LogP contribution in [0, 0.1) is 23.0 Å². The summed E-state index contributed by atoms with van der Waals surface area (Å²) in [6, 6.07) is 5.36. The molecular weight excluding hydrogens is 726 g/mol. The normalized spacial score (nSPS) is 19.5. The molecule has 5 heterocycles. The van der Waals surface area contributed by atoms with Gasteiger partial charge in [-0.15, -0.1) is 11.3 Å². The predicted octanol–water partition coefficient (Wildman–Crippen LogP) is 7.09. The molecule has 2 aliphatic rings. The van der Waals surface area contributed by atoms with Crippen LogP contribution in [0.5, 0.6) is 11.8 Å². The highest BCUT2D eigenvalue weighted by atomic mass is 32.1. The number of nitriles is 1. The Bertz CT molecular complexity index is 2280. The maximum absolute atomic E-state index is 17.2. The summed E-state index contributed by atoms with van der Waals surface area (Å²) in [5.74, 6) is -4.28. The number of nitrogens with two attached hydrogens (primary N) is 2. The van der Waals surface area contributed by atoms with Gasteiger partial charge in [-0.05, 0) is 43.5 Å². The molecule has 3 aromatic heterocycles. The summed E-state index contributed by atoms with van der Waals surface area (Å²) >= 11 is 0.611. The van der Waals surface area contributed by atoms with E-state index in [9.17, 15) is 19.1 Å². The Kier molecular flexibility index (Phi) is 9.37. The minimum atomic E-state index is -5.41. The molecule has 0 bridgehead atoms. The Morgan fingerprint density at radius 2 is 2.00 bits per heavy atom. The van der Waals surface area contributed by atoms with Crippen molar-refractivity contribution < 1.29 is 40.9 Å². The van der Waals surface area contributed by atoms with Crippen LogP contribution < -0.4 is 21.5 Å². The zero-order valence-electron chi connectivity index (χ0n) is 28.0. The topological polar surface area (TPSA) is 168 Å². The monoisotopic (exact) mass is 758 g/mol. The number of fused-ring (bicyclic) bond motifs is 3. The van der Waals surface area contributed by atoms with Crippen molar-refractivity contribution >= 4 is 49.0 Å². The molecular formula is C35H32F6N8O3S. The number of nitrogens with one attached hydrogen (secondary N) is 1. The van der Waals surface area contributed by atoms with Gasteiger partial charge in [-0.1, -0.05) is 12.1 Å². The van der Waals surface area contributed by atoms with Crippen molar-refractivity contribution in [3.05, 3.63) is 58.8 Å². The number of thiophene rings is 1. The van der Waals surface area contributed by atoms with Crippen molar-refractivity contribution in [2.24, 2.45) is 0 Å². The van der Waals surface area contributed by atoms with Gasteiger partial charge in [0.25, 0.3) is 0 Å². The van der Waals surface area contributed by atoms with E-state index in [4.69, 9.17) is 20.9 Å². The lowest BCUT2D eigenvalue weighted by molar-refractivity contribution is -0.138. The fraction of sp³-hybridized carbons (Fsp3) is 0.371. The number of hydrogen-bond donors (Lipinski definition) is 4. The minimum absolute atomic E-state index is 0.0794. The van der Waals surface area contributed by atoms with Crippen LogP contribution in [0.15, 0.2) is 30.5 Å². The smallest absolute Gasteiger partial charge is 0.420 e. The van der Waals surface area contributed by atoms with Gasteiger partial charge in [0.1, 0.15) is 58.1 Å². The fourth-order valence-corrected chi connectivity index (χ4v) is 8.53. The Labute approximate surface area is 302 Å². The van der Waals surface area contributed by atoms with E-state index in [1.165, 1.54) is 13.3 Å². The number of hydrogen-bond acceptors (Lipinski definition) is 12. The Balaban J connectivity index is 1.49. The molecule has 7 rings (SSSR count). The summed E-state index contributed by atoms with van der Waals surface area (Å²) in [6.45, 7) is 0.864. The van der Waals surface area contributed by atoms with Gasteiger partial charge >= 0.3 is 12.2 Å². The lowest BCUT2D eigenvalue weighted by Gasteiger charge is -2.31. The highest BCUT2D eigenvalue weighted by Crippen LogP contribution is 2.52. The number of nitrogen functional groups attached to an aromatic ring is 2. The first kappa shape index (κ1) is 36.2. The number of nitrogens with zero attached hydrogens (tertiary/aromatic N) is 5. The number of rotatable bonds is 10. The molecule has 5 aromatic rings. The maximum Gasteiger partial charge on any atom is 0.420 e. The summed E-state index contributed by atoms with van der Waals surface area (Å²) in [4.78, 5) is 14.6. The number of alkyl halides is 4. The van der Waals surface area contributed by atoms with Gasteiger partial charge in [0.15, 0.2) is 5.82 Å². The van der Waals surface area contributed by atoms with Crippen LogP contribution in [0.3, 0.4) is 0 Å². The summed E-state index contributed by atoms with van der Waals surface area (Å²) < 4.78 is 103. The summed E-state index contributed by atoms with van der Waals surface area (Å²) in [6.07, 6.45) is -3.34. The van der Waals surface area contributed by atoms with Crippen molar-refractivity contribution in [1.29, 1.82) is 5.26 Å². The van der Waals surface area contributed by atoms with Gasteiger partial charge < -0.3 is 31.4 Å². The molecule has 6 N–H and O–H groups in total. The number of aromatic hydroxyl groups is 1. The van der Waals surface area contributed by atoms with Crippen molar-refractivity contribution in [3.8, 4) is 29.0 Å². The minimum Gasteiger partial charge on any atom is -0.506 e. The molecule has 278 valence electrons. The summed E-state index contributed by atoms with van der Waals surface area (Å²) in [5.41, 5.74) is 7.10. The third kappa shape index (κ3) is 6.25. The van der Waals surface area contributed by atoms with Crippen molar-refractivity contribution in [2.45, 2.75) is 49.6 Å². The van der Waals surface area contributed by atoms with Gasteiger partial charge in [0.2, 0.25) is 0 Å². The molecule has 2 aromatic carbocycles. The number of methoxy groups -OCH3 is 1. The van der Waals surface area contributed by atoms with Crippen LogP contribution in [0.25, 0.3) is 32.1 Å². The highest BCUT2D eigenvalue weighted by Gasteiger charge is 2.49. The molecule has 0 aliphatic carbocycles. The van der Waals surface area contributed by atoms with Gasteiger partial charge in [0, 0.05) is 49.4 Å². The van der Waals surface area contributed by atoms with Crippen molar-refractivity contribution in [2.75, 3.05) is 50.2 Å². The molecule has 2 fully saturated rings. The van der Waals surface area contributed by atoms with E-state index in [-0.39, 0.29) is 59.1 Å². The van der Waals surface area contributed by atoms with E-state index in [0.717, 1.165) is 18.6 Å². The molecule has 0 radical (unpaired) electrons. The summed E-state index contributed by atoms with van der Waals surface area (Å²) in [5, 5.41) is 23.2. The maximum atomic E-state index is 17.2. The van der Waals surface area contributed by atoms with Crippen molar-refractivity contribution in [1.82, 2.24) is 19.9 Å². The lowest BCUT2D eigenvalue weighted by atomic mass is 9.91. The number of benzene rings is 2. The van der Waals surface area contributed by atoms with Gasteiger partial charge in [-0.2, -0.15) is 28.4 Å². The number of anilines is 3. The predicted molar refractivity (Wildman–Crippen MR) is 186 cm³/mol. The average molecular weight is 759 g/mol. The number of phenolic OH excluding ortho intramolecular Hbond substituents is 1. The van der Waals surface area contributed by atoms with E-state index >= 15 is 17.6 Å². The second-order valence-corrected chi connectivity index (χ2v) is 14.1. The van der Waals surface area contributed by atoms with Gasteiger partial charge in [-0.25, -0.2) is 18.2 Å². The second kappa shape index (κ2) is 13.7. The van der Waals surface area contributed by atoms with Crippen LogP contribution in [0.4, 0.5) is 43.0 Å². The fourth-order valence-electron chi connectivity index (χ4n) is 7.58. The van der Waals surface area contributed by atoms with Crippen LogP contribution in [-0.2, 0) is 10.9 Å². The average Bonchev–Trinajstić information content (AvgIpc) is 3.76. The third-order valence-corrected chi connectivity index (χ3v) is 10.9. The first-order valence-corrected chi connectivity index (χ1v) is 17.3. The van der Waals surface area contributed by atoms with Gasteiger partial charge in [-0.3, -0.25) is 4.90 Å². The number of ether oxygens (including phenoxy) is 2. The Hall–Kier alpha value is -5.12. The van der Waals surface area contributed by atoms with E-state index < -0.39 is 80.7 Å². The number of phenols is 1. The molecule has 3 atom stereocenters. The van der Waals surface area contributed by atoms with Crippen molar-refractivity contribution in [3.63, 3.8) is 0 Å². The zero-order chi connectivity index (χ0) is 37.8. The molecule has 0 spiro atoms. The standard InChI is InChI=1S/C35H32F6N8O3S/c1-51-11-7-21(17-4-2-9-45-30(17)43)46-32-24-27(47-33(48-32)52-15-34-8-3-10-49(34)14-16(36)12-34)26(38)23(25(28(24)50)35(39,40)41)18-5-6-20(37)29-22(18)19(13-42)31(44)53-29/h2,4-6,9,16,21,50H,3,7-8,10-12,14-15,44H2,1H3,(H2,43,45)(H,46,47,48)/t16-,21-,34+/m1/s1. The number of aromatic nitrogens is 3. The second-order valence-electron chi connectivity index (χ2n) is 13.1. The molecule has 0 unspecified atom stereocenters. The largest absolute Gasteiger partial charge is 0.506 e. The number of pyridine rings is 1. The van der Waals surface area contributed by atoms with Crippen LogP contribution in [0.2, 0.25) is 0 Å². The van der Waals surface area contributed by atoms with E-state index in [1.54, 1.807) is 18.2 Å². The van der Waals surface area contributed by atoms with E-state index in [0.29, 0.717) is 29.9 Å². The molecule has 18 heteroatoms. The molecule has 11 nitrogen and oxygen atoms in total. The molecule has 0 amide bonds. The van der Waals surface area contributed by atoms with Gasteiger partial charge in [0.05, 0.1) is 27.2 Å². The first-order valence-electron chi connectivity index (χ1n) is 16.5. The molecule has 53 heavy (non-hydrogen) atoms. The SMILES string of the molecule is COCC[C@@H](Nc1nc(OC[C@@]23CCCN2C[C@H](F)C3)nc2c(F)c(-c3ccc(F)c4sc(N)c(C#N)c34)c(C(F)(F)F)c(O)c12)c1cccnc1N. The molecule has 2 aliphatic heterocycles. The molecule has 0 saturated carbocycles.